The van der Waals surface area contributed by atoms with Crippen LogP contribution in [0.3, 0.4) is 0 Å². The van der Waals surface area contributed by atoms with Crippen molar-refractivity contribution in [3.63, 3.8) is 0 Å². The van der Waals surface area contributed by atoms with Crippen LogP contribution < -0.4 is 0 Å². The smallest absolute Gasteiger partial charge is 0.115 e. The highest BCUT2D eigenvalue weighted by molar-refractivity contribution is 9.09. The number of halogens is 1. The average Bonchev–Trinajstić information content (AvgIpc) is 2.15. The molecule has 0 aliphatic rings. The minimum Gasteiger partial charge on any atom is -0.245 e. The minimum absolute atomic E-state index is 0.590. The first kappa shape index (κ1) is 10.6. The Morgan fingerprint density at radius 1 is 1.31 bits per heavy atom. The third kappa shape index (κ3) is 3.85. The number of alkyl halides is 1. The molecule has 2 nitrogen and oxygen atoms in total. The lowest BCUT2D eigenvalue weighted by atomic mass is 10.0. The van der Waals surface area contributed by atoms with Gasteiger partial charge in [0, 0.05) is 17.2 Å². The van der Waals surface area contributed by atoms with Crippen molar-refractivity contribution >= 4 is 15.9 Å². The van der Waals surface area contributed by atoms with E-state index >= 15 is 0 Å². The van der Waals surface area contributed by atoms with Gasteiger partial charge >= 0.3 is 0 Å². The predicted molar refractivity (Wildman–Crippen MR) is 57.9 cm³/mol. The van der Waals surface area contributed by atoms with E-state index in [1.807, 2.05) is 12.4 Å². The van der Waals surface area contributed by atoms with Crippen molar-refractivity contribution in [3.8, 4) is 0 Å². The summed E-state index contributed by atoms with van der Waals surface area (Å²) in [5.74, 6) is 0.685. The number of aromatic nitrogens is 2. The summed E-state index contributed by atoms with van der Waals surface area (Å²) in [6.45, 7) is 4.45. The fourth-order valence-electron chi connectivity index (χ4n) is 1.10. The molecule has 3 heteroatoms. The van der Waals surface area contributed by atoms with Gasteiger partial charge in [-0.25, -0.2) is 9.97 Å². The molecule has 72 valence electrons. The molecule has 0 radical (unpaired) electrons. The van der Waals surface area contributed by atoms with Gasteiger partial charge in [-0.05, 0) is 24.3 Å². The predicted octanol–water partition coefficient (Wildman–Crippen LogP) is 2.83. The van der Waals surface area contributed by atoms with Gasteiger partial charge in [-0.1, -0.05) is 29.8 Å². The third-order valence-corrected chi connectivity index (χ3v) is 3.56. The summed E-state index contributed by atoms with van der Waals surface area (Å²) < 4.78 is 0. The molecule has 0 N–H and O–H groups in total. The Hall–Kier alpha value is -0.440. The highest BCUT2D eigenvalue weighted by Gasteiger charge is 2.08. The Balaban J connectivity index is 2.35. The Labute approximate surface area is 87.9 Å². The quantitative estimate of drug-likeness (QED) is 0.760. The molecule has 1 unspecified atom stereocenters. The summed E-state index contributed by atoms with van der Waals surface area (Å²) in [6.07, 6.45) is 7.53. The second kappa shape index (κ2) is 5.32. The maximum Gasteiger partial charge on any atom is 0.115 e. The van der Waals surface area contributed by atoms with Gasteiger partial charge < -0.3 is 0 Å². The molecule has 0 fully saturated rings. The lowest BCUT2D eigenvalue weighted by Gasteiger charge is -2.12. The minimum atomic E-state index is 0.590. The second-order valence-corrected chi connectivity index (χ2v) is 4.72. The van der Waals surface area contributed by atoms with E-state index < -0.39 is 0 Å². The normalized spacial score (nSPS) is 13.2. The van der Waals surface area contributed by atoms with Crippen LogP contribution in [0.25, 0.3) is 0 Å². The summed E-state index contributed by atoms with van der Waals surface area (Å²) >= 11 is 3.66. The molecule has 1 heterocycles. The van der Waals surface area contributed by atoms with Crippen molar-refractivity contribution in [3.05, 3.63) is 24.3 Å². The van der Waals surface area contributed by atoms with Gasteiger partial charge in [-0.2, -0.15) is 0 Å². The molecule has 1 atom stereocenters. The number of hydrogen-bond donors (Lipinski definition) is 0. The van der Waals surface area contributed by atoms with E-state index in [1.54, 1.807) is 6.33 Å². The molecule has 0 spiro atoms. The molecule has 0 saturated heterocycles. The lowest BCUT2D eigenvalue weighted by molar-refractivity contribution is 0.581. The van der Waals surface area contributed by atoms with E-state index in [9.17, 15) is 0 Å². The average molecular weight is 243 g/mol. The topological polar surface area (TPSA) is 25.8 Å². The zero-order valence-electron chi connectivity index (χ0n) is 8.07. The van der Waals surface area contributed by atoms with Crippen LogP contribution in [-0.4, -0.2) is 14.8 Å². The van der Waals surface area contributed by atoms with Gasteiger partial charge in [0.1, 0.15) is 6.33 Å². The molecule has 0 saturated carbocycles. The van der Waals surface area contributed by atoms with Crippen LogP contribution in [-0.2, 0) is 6.42 Å². The fraction of sp³-hybridized carbons (Fsp3) is 0.600. The first-order chi connectivity index (χ1) is 6.20. The third-order valence-electron chi connectivity index (χ3n) is 2.05. The zero-order valence-corrected chi connectivity index (χ0v) is 9.66. The monoisotopic (exact) mass is 242 g/mol. The lowest BCUT2D eigenvalue weighted by Crippen LogP contribution is -2.08. The highest BCUT2D eigenvalue weighted by atomic mass is 79.9. The van der Waals surface area contributed by atoms with Crippen LogP contribution in [0.2, 0.25) is 0 Å². The van der Waals surface area contributed by atoms with Crippen LogP contribution >= 0.6 is 15.9 Å². The number of hydrogen-bond acceptors (Lipinski definition) is 2. The zero-order chi connectivity index (χ0) is 9.68. The molecular formula is C10H15BrN2. The summed E-state index contributed by atoms with van der Waals surface area (Å²) in [5.41, 5.74) is 1.22. The Morgan fingerprint density at radius 3 is 2.46 bits per heavy atom. The number of aryl methyl sites for hydroxylation is 1. The maximum atomic E-state index is 3.98. The molecule has 0 amide bonds. The van der Waals surface area contributed by atoms with Crippen molar-refractivity contribution in [1.82, 2.24) is 9.97 Å². The van der Waals surface area contributed by atoms with Gasteiger partial charge in [0.2, 0.25) is 0 Å². The molecule has 1 rings (SSSR count). The van der Waals surface area contributed by atoms with Crippen molar-refractivity contribution in [2.75, 3.05) is 0 Å². The van der Waals surface area contributed by atoms with Crippen LogP contribution in [0, 0.1) is 5.92 Å². The fourth-order valence-corrected chi connectivity index (χ4v) is 1.33. The first-order valence-corrected chi connectivity index (χ1v) is 5.49. The van der Waals surface area contributed by atoms with Crippen LogP contribution in [0.5, 0.6) is 0 Å². The van der Waals surface area contributed by atoms with Crippen molar-refractivity contribution in [2.24, 2.45) is 5.92 Å². The Morgan fingerprint density at radius 2 is 1.92 bits per heavy atom. The molecule has 1 aromatic rings. The van der Waals surface area contributed by atoms with E-state index in [2.05, 4.69) is 39.7 Å². The summed E-state index contributed by atoms with van der Waals surface area (Å²) in [5, 5.41) is 0. The highest BCUT2D eigenvalue weighted by Crippen LogP contribution is 2.17. The van der Waals surface area contributed by atoms with Crippen molar-refractivity contribution < 1.29 is 0 Å². The molecule has 0 aliphatic carbocycles. The largest absolute Gasteiger partial charge is 0.245 e. The number of nitrogens with zero attached hydrogens (tertiary/aromatic N) is 2. The van der Waals surface area contributed by atoms with Crippen molar-refractivity contribution in [1.29, 1.82) is 0 Å². The van der Waals surface area contributed by atoms with Gasteiger partial charge in [0.25, 0.3) is 0 Å². The molecule has 0 aliphatic heterocycles. The van der Waals surface area contributed by atoms with Gasteiger partial charge in [0.05, 0.1) is 0 Å². The Bertz CT molecular complexity index is 236. The second-order valence-electron chi connectivity index (χ2n) is 3.55. The molecule has 0 aromatic carbocycles. The van der Waals surface area contributed by atoms with E-state index in [4.69, 9.17) is 0 Å². The summed E-state index contributed by atoms with van der Waals surface area (Å²) in [6, 6.07) is 0. The van der Waals surface area contributed by atoms with Gasteiger partial charge in [-0.15, -0.1) is 0 Å². The van der Waals surface area contributed by atoms with E-state index in [0.29, 0.717) is 10.7 Å². The standard InChI is InChI=1S/C10H15BrN2/c1-8(2)10(11)4-3-9-5-12-7-13-6-9/h5-8,10H,3-4H2,1-2H3. The van der Waals surface area contributed by atoms with Gasteiger partial charge in [0.15, 0.2) is 0 Å². The summed E-state index contributed by atoms with van der Waals surface area (Å²) in [4.78, 5) is 8.55. The molecular weight excluding hydrogens is 228 g/mol. The van der Waals surface area contributed by atoms with Crippen LogP contribution in [0.4, 0.5) is 0 Å². The Kier molecular flexibility index (Phi) is 4.36. The summed E-state index contributed by atoms with van der Waals surface area (Å²) in [7, 11) is 0. The van der Waals surface area contributed by atoms with Crippen LogP contribution in [0.15, 0.2) is 18.7 Å². The molecule has 1 aromatic heterocycles. The first-order valence-electron chi connectivity index (χ1n) is 4.58. The van der Waals surface area contributed by atoms with Crippen LogP contribution in [0.1, 0.15) is 25.8 Å². The number of rotatable bonds is 4. The van der Waals surface area contributed by atoms with E-state index in [0.717, 1.165) is 12.8 Å². The van der Waals surface area contributed by atoms with Crippen molar-refractivity contribution in [2.45, 2.75) is 31.5 Å². The van der Waals surface area contributed by atoms with E-state index in [-0.39, 0.29) is 0 Å². The molecule has 0 bridgehead atoms. The SMILES string of the molecule is CC(C)C(Br)CCc1cncnc1. The maximum absolute atomic E-state index is 3.98. The van der Waals surface area contributed by atoms with Gasteiger partial charge in [-0.3, -0.25) is 0 Å². The van der Waals surface area contributed by atoms with E-state index in [1.165, 1.54) is 5.56 Å². The molecule has 13 heavy (non-hydrogen) atoms.